The zero-order valence-electron chi connectivity index (χ0n) is 33.6. The molecule has 0 fully saturated rings. The molecule has 0 saturated carbocycles. The molecule has 8 aromatic rings. The molecular formula is C55H42N4O. The molecule has 0 radical (unpaired) electrons. The molecule has 2 aromatic heterocycles. The summed E-state index contributed by atoms with van der Waals surface area (Å²) in [5, 5.41) is 1.12. The van der Waals surface area contributed by atoms with Crippen LogP contribution >= 0.6 is 0 Å². The van der Waals surface area contributed by atoms with Crippen molar-refractivity contribution in [3.05, 3.63) is 217 Å². The van der Waals surface area contributed by atoms with Crippen LogP contribution in [0.15, 0.2) is 206 Å². The lowest BCUT2D eigenvalue weighted by Crippen LogP contribution is -2.29. The Bertz CT molecular complexity index is 2970. The summed E-state index contributed by atoms with van der Waals surface area (Å²) in [5.41, 5.74) is 13.9. The lowest BCUT2D eigenvalue weighted by molar-refractivity contribution is 0.247. The van der Waals surface area contributed by atoms with Crippen LogP contribution in [0.2, 0.25) is 0 Å². The highest BCUT2D eigenvalue weighted by Crippen LogP contribution is 2.58. The number of hydrogen-bond acceptors (Lipinski definition) is 5. The van der Waals surface area contributed by atoms with Crippen LogP contribution in [0.4, 0.5) is 0 Å². The van der Waals surface area contributed by atoms with E-state index >= 15 is 0 Å². The van der Waals surface area contributed by atoms with Gasteiger partial charge in [0, 0.05) is 39.4 Å². The van der Waals surface area contributed by atoms with Crippen LogP contribution in [0.5, 0.6) is 0 Å². The predicted octanol–water partition coefficient (Wildman–Crippen LogP) is 13.4. The monoisotopic (exact) mass is 774 g/mol. The van der Waals surface area contributed by atoms with E-state index in [4.69, 9.17) is 24.7 Å². The van der Waals surface area contributed by atoms with E-state index in [-0.39, 0.29) is 0 Å². The van der Waals surface area contributed by atoms with Crippen LogP contribution in [0.25, 0.3) is 78.4 Å². The Balaban J connectivity index is 1.16. The molecule has 1 unspecified atom stereocenters. The maximum absolute atomic E-state index is 6.50. The highest BCUT2D eigenvalue weighted by atomic mass is 16.5. The minimum absolute atomic E-state index is 0.481. The SMILES string of the molecule is C/C=C1\C(=C/C)OC/C=C\C=C/CC12c1ccc(-c3cccc(-c4nc(-c5ccccc5)nc(-c5ccccc5)n4)c3)cc1-c1cc(-c3cccc4cccnc34)ccc12. The molecule has 60 heavy (non-hydrogen) atoms. The van der Waals surface area contributed by atoms with E-state index in [0.29, 0.717) is 24.1 Å². The third-order valence-corrected chi connectivity index (χ3v) is 11.8. The maximum atomic E-state index is 6.50. The minimum atomic E-state index is -0.481. The first-order valence-electron chi connectivity index (χ1n) is 20.5. The van der Waals surface area contributed by atoms with Crippen LogP contribution in [0, 0.1) is 0 Å². The normalized spacial score (nSPS) is 18.2. The second-order valence-electron chi connectivity index (χ2n) is 15.2. The molecule has 6 aromatic carbocycles. The summed E-state index contributed by atoms with van der Waals surface area (Å²) in [6.45, 7) is 4.70. The van der Waals surface area contributed by atoms with Crippen LogP contribution in [-0.2, 0) is 10.2 Å². The number of rotatable bonds is 5. The van der Waals surface area contributed by atoms with E-state index in [1.165, 1.54) is 22.3 Å². The lowest BCUT2D eigenvalue weighted by Gasteiger charge is -2.35. The zero-order valence-corrected chi connectivity index (χ0v) is 33.6. The van der Waals surface area contributed by atoms with Crippen LogP contribution in [0.3, 0.4) is 0 Å². The van der Waals surface area contributed by atoms with Gasteiger partial charge in [-0.3, -0.25) is 4.98 Å². The molecule has 0 saturated heterocycles. The summed E-state index contributed by atoms with van der Waals surface area (Å²) >= 11 is 0. The molecule has 10 rings (SSSR count). The summed E-state index contributed by atoms with van der Waals surface area (Å²) in [6.07, 6.45) is 15.6. The molecule has 3 heterocycles. The van der Waals surface area contributed by atoms with E-state index in [1.807, 2.05) is 72.9 Å². The van der Waals surface area contributed by atoms with Gasteiger partial charge in [0.25, 0.3) is 0 Å². The van der Waals surface area contributed by atoms with Crippen molar-refractivity contribution in [2.24, 2.45) is 0 Å². The van der Waals surface area contributed by atoms with Gasteiger partial charge in [-0.15, -0.1) is 0 Å². The molecule has 1 atom stereocenters. The number of allylic oxidation sites excluding steroid dienone is 6. The maximum Gasteiger partial charge on any atom is 0.164 e. The Hall–Kier alpha value is -7.50. The number of fused-ring (bicyclic) bond motifs is 6. The quantitative estimate of drug-likeness (QED) is 0.174. The number of pyridine rings is 1. The fourth-order valence-electron chi connectivity index (χ4n) is 9.01. The van der Waals surface area contributed by atoms with Gasteiger partial charge in [0.15, 0.2) is 17.5 Å². The van der Waals surface area contributed by atoms with Crippen molar-refractivity contribution in [1.82, 2.24) is 19.9 Å². The van der Waals surface area contributed by atoms with Crippen molar-refractivity contribution in [3.63, 3.8) is 0 Å². The van der Waals surface area contributed by atoms with Crippen molar-refractivity contribution >= 4 is 10.9 Å². The Kier molecular flexibility index (Phi) is 9.63. The average Bonchev–Trinajstić information content (AvgIpc) is 3.59. The van der Waals surface area contributed by atoms with Gasteiger partial charge in [-0.05, 0) is 95.6 Å². The van der Waals surface area contributed by atoms with Gasteiger partial charge in [-0.2, -0.15) is 0 Å². The van der Waals surface area contributed by atoms with Crippen molar-refractivity contribution in [1.29, 1.82) is 0 Å². The van der Waals surface area contributed by atoms with Gasteiger partial charge in [0.05, 0.1) is 10.9 Å². The smallest absolute Gasteiger partial charge is 0.164 e. The molecule has 0 bridgehead atoms. The molecular weight excluding hydrogens is 733 g/mol. The third-order valence-electron chi connectivity index (χ3n) is 11.8. The first-order valence-corrected chi connectivity index (χ1v) is 20.5. The van der Waals surface area contributed by atoms with Gasteiger partial charge in [0.2, 0.25) is 0 Å². The molecule has 0 amide bonds. The molecule has 288 valence electrons. The van der Waals surface area contributed by atoms with Gasteiger partial charge in [0.1, 0.15) is 12.4 Å². The molecule has 1 aliphatic heterocycles. The molecule has 1 spiro atoms. The number of aromatic nitrogens is 4. The van der Waals surface area contributed by atoms with Crippen molar-refractivity contribution in [3.8, 4) is 67.5 Å². The van der Waals surface area contributed by atoms with Gasteiger partial charge in [-0.1, -0.05) is 152 Å². The second kappa shape index (κ2) is 15.7. The average molecular weight is 775 g/mol. The summed E-state index contributed by atoms with van der Waals surface area (Å²) in [7, 11) is 0. The Labute approximate surface area is 350 Å². The molecule has 5 nitrogen and oxygen atoms in total. The Morgan fingerprint density at radius 1 is 0.500 bits per heavy atom. The highest BCUT2D eigenvalue weighted by molar-refractivity contribution is 5.96. The first-order chi connectivity index (χ1) is 29.6. The Morgan fingerprint density at radius 3 is 1.78 bits per heavy atom. The number of benzene rings is 6. The fourth-order valence-corrected chi connectivity index (χ4v) is 9.01. The molecule has 5 heteroatoms. The second-order valence-corrected chi connectivity index (χ2v) is 15.2. The number of ether oxygens (including phenoxy) is 1. The number of hydrogen-bond donors (Lipinski definition) is 0. The van der Waals surface area contributed by atoms with Crippen LogP contribution in [-0.4, -0.2) is 26.5 Å². The van der Waals surface area contributed by atoms with Gasteiger partial charge in [-0.25, -0.2) is 15.0 Å². The lowest BCUT2D eigenvalue weighted by atomic mass is 9.68. The van der Waals surface area contributed by atoms with Crippen molar-refractivity contribution < 1.29 is 4.74 Å². The topological polar surface area (TPSA) is 60.8 Å². The summed E-state index contributed by atoms with van der Waals surface area (Å²) in [4.78, 5) is 19.8. The summed E-state index contributed by atoms with van der Waals surface area (Å²) < 4.78 is 6.50. The number of para-hydroxylation sites is 1. The zero-order chi connectivity index (χ0) is 40.5. The van der Waals surface area contributed by atoms with E-state index in [0.717, 1.165) is 67.6 Å². The molecule has 1 aliphatic carbocycles. The molecule has 2 aliphatic rings. The minimum Gasteiger partial charge on any atom is -0.490 e. The van der Waals surface area contributed by atoms with E-state index in [2.05, 4.69) is 135 Å². The van der Waals surface area contributed by atoms with Crippen molar-refractivity contribution in [2.75, 3.05) is 6.61 Å². The largest absolute Gasteiger partial charge is 0.490 e. The van der Waals surface area contributed by atoms with Gasteiger partial charge < -0.3 is 4.74 Å². The first kappa shape index (κ1) is 36.8. The standard InChI is InChI=1S/C55H42N4O/c1-3-47-50(4-2)60-33-14-6-5-13-31-55(47)48-29-27-41(35-45(48)46-36-42(28-30-49(46)55)44-26-16-22-37-25-17-32-56-51(37)44)40-23-15-24-43(34-40)54-58-52(38-18-9-7-10-19-38)57-53(59-54)39-20-11-8-12-21-39/h3-30,32,34-36H,31,33H2,1-2H3/b13-5-,14-6-,47-3+,50-4+. The van der Waals surface area contributed by atoms with E-state index < -0.39 is 5.41 Å². The summed E-state index contributed by atoms with van der Waals surface area (Å²) in [5.74, 6) is 2.81. The number of nitrogens with zero attached hydrogens (tertiary/aromatic N) is 4. The highest BCUT2D eigenvalue weighted by Gasteiger charge is 2.46. The fraction of sp³-hybridized carbons (Fsp3) is 0.0909. The van der Waals surface area contributed by atoms with Gasteiger partial charge >= 0.3 is 0 Å². The van der Waals surface area contributed by atoms with Crippen molar-refractivity contribution in [2.45, 2.75) is 25.7 Å². The van der Waals surface area contributed by atoms with Crippen LogP contribution < -0.4 is 0 Å². The van der Waals surface area contributed by atoms with E-state index in [9.17, 15) is 0 Å². The third kappa shape index (κ3) is 6.45. The Morgan fingerprint density at radius 2 is 1.08 bits per heavy atom. The summed E-state index contributed by atoms with van der Waals surface area (Å²) in [6, 6.07) is 53.3. The van der Waals surface area contributed by atoms with E-state index in [1.54, 1.807) is 0 Å². The predicted molar refractivity (Wildman–Crippen MR) is 245 cm³/mol. The molecule has 0 N–H and O–H groups in total. The van der Waals surface area contributed by atoms with Crippen LogP contribution in [0.1, 0.15) is 31.4 Å².